The van der Waals surface area contributed by atoms with E-state index in [1.165, 1.54) is 0 Å². The topological polar surface area (TPSA) is 46.5 Å². The van der Waals surface area contributed by atoms with Crippen LogP contribution in [0, 0.1) is 4.77 Å². The van der Waals surface area contributed by atoms with Gasteiger partial charge in [0.15, 0.2) is 5.82 Å². The Balaban J connectivity index is 2.43. The third kappa shape index (κ3) is 2.02. The molecule has 0 fully saturated rings. The number of nitrogens with one attached hydrogen (secondary N) is 1. The molecule has 0 saturated carbocycles. The van der Waals surface area contributed by atoms with Crippen LogP contribution in [0.4, 0.5) is 0 Å². The van der Waals surface area contributed by atoms with Crippen molar-refractivity contribution in [3.8, 4) is 11.4 Å². The fraction of sp³-hybridized carbons (Fsp3) is 0.100. The lowest BCUT2D eigenvalue weighted by Crippen LogP contribution is -1.96. The maximum atomic E-state index is 5.09. The minimum atomic E-state index is 0.522. The number of nitrogens with zero attached hydrogens (tertiary/aromatic N) is 3. The van der Waals surface area contributed by atoms with Crippen LogP contribution < -0.4 is 0 Å². The van der Waals surface area contributed by atoms with E-state index in [1.807, 2.05) is 12.1 Å². The number of pyridine rings is 1. The van der Waals surface area contributed by atoms with Crippen molar-refractivity contribution in [3.63, 3.8) is 0 Å². The van der Waals surface area contributed by atoms with E-state index in [4.69, 9.17) is 12.2 Å². The van der Waals surface area contributed by atoms with Gasteiger partial charge in [-0.1, -0.05) is 6.08 Å². The van der Waals surface area contributed by atoms with Crippen LogP contribution in [0.3, 0.4) is 0 Å². The van der Waals surface area contributed by atoms with Crippen molar-refractivity contribution >= 4 is 12.2 Å². The van der Waals surface area contributed by atoms with Gasteiger partial charge < -0.3 is 0 Å². The van der Waals surface area contributed by atoms with Crippen molar-refractivity contribution in [2.75, 3.05) is 0 Å². The normalized spacial score (nSPS) is 10.1. The second-order valence-corrected chi connectivity index (χ2v) is 3.36. The Bertz CT molecular complexity index is 512. The van der Waals surface area contributed by atoms with Crippen molar-refractivity contribution in [2.45, 2.75) is 6.54 Å². The minimum Gasteiger partial charge on any atom is -0.279 e. The maximum Gasteiger partial charge on any atom is 0.216 e. The highest BCUT2D eigenvalue weighted by atomic mass is 32.1. The lowest BCUT2D eigenvalue weighted by molar-refractivity contribution is 0.692. The van der Waals surface area contributed by atoms with E-state index in [0.29, 0.717) is 11.3 Å². The molecule has 0 unspecified atom stereocenters. The summed E-state index contributed by atoms with van der Waals surface area (Å²) in [6, 6.07) is 3.79. The van der Waals surface area contributed by atoms with Crippen LogP contribution in [0.2, 0.25) is 0 Å². The number of aromatic amines is 1. The van der Waals surface area contributed by atoms with E-state index < -0.39 is 0 Å². The lowest BCUT2D eigenvalue weighted by Gasteiger charge is -1.95. The molecule has 0 spiro atoms. The molecule has 0 saturated heterocycles. The minimum absolute atomic E-state index is 0.522. The van der Waals surface area contributed by atoms with Gasteiger partial charge in [-0.3, -0.25) is 14.8 Å². The molecule has 0 amide bonds. The van der Waals surface area contributed by atoms with Crippen LogP contribution in [-0.4, -0.2) is 19.7 Å². The highest BCUT2D eigenvalue weighted by Crippen LogP contribution is 2.12. The van der Waals surface area contributed by atoms with Crippen LogP contribution >= 0.6 is 12.2 Å². The Morgan fingerprint density at radius 3 is 3.13 bits per heavy atom. The Labute approximate surface area is 92.3 Å². The van der Waals surface area contributed by atoms with Crippen LogP contribution in [0.15, 0.2) is 37.2 Å². The van der Waals surface area contributed by atoms with Gasteiger partial charge in [0.1, 0.15) is 0 Å². The Morgan fingerprint density at radius 1 is 1.60 bits per heavy atom. The van der Waals surface area contributed by atoms with Crippen molar-refractivity contribution in [3.05, 3.63) is 42.0 Å². The zero-order valence-corrected chi connectivity index (χ0v) is 8.87. The molecule has 2 aromatic heterocycles. The molecule has 2 aromatic rings. The largest absolute Gasteiger partial charge is 0.279 e. The zero-order valence-electron chi connectivity index (χ0n) is 8.05. The monoisotopic (exact) mass is 218 g/mol. The number of H-pyrrole nitrogens is 1. The molecule has 15 heavy (non-hydrogen) atoms. The second-order valence-electron chi connectivity index (χ2n) is 3.00. The van der Waals surface area contributed by atoms with Gasteiger partial charge in [-0.2, -0.15) is 4.98 Å². The molecule has 2 heterocycles. The summed E-state index contributed by atoms with van der Waals surface area (Å²) in [5, 5.41) is 3.09. The first kappa shape index (κ1) is 9.79. The first-order chi connectivity index (χ1) is 7.31. The first-order valence-corrected chi connectivity index (χ1v) is 4.90. The predicted octanol–water partition coefficient (Wildman–Crippen LogP) is 2.19. The lowest BCUT2D eigenvalue weighted by atomic mass is 10.3. The third-order valence-corrected chi connectivity index (χ3v) is 2.24. The molecule has 0 aliphatic rings. The van der Waals surface area contributed by atoms with E-state index in [0.717, 1.165) is 11.4 Å². The van der Waals surface area contributed by atoms with Gasteiger partial charge in [-0.05, 0) is 24.4 Å². The molecule has 0 aromatic carbocycles. The summed E-state index contributed by atoms with van der Waals surface area (Å²) in [6.45, 7) is 4.28. The average molecular weight is 218 g/mol. The quantitative estimate of drug-likeness (QED) is 0.634. The molecule has 0 atom stereocenters. The summed E-state index contributed by atoms with van der Waals surface area (Å²) >= 11 is 5.09. The highest BCUT2D eigenvalue weighted by molar-refractivity contribution is 7.71. The third-order valence-electron chi connectivity index (χ3n) is 1.93. The number of hydrogen-bond donors (Lipinski definition) is 1. The van der Waals surface area contributed by atoms with Crippen LogP contribution in [0.5, 0.6) is 0 Å². The summed E-state index contributed by atoms with van der Waals surface area (Å²) in [5.41, 5.74) is 0.923. The number of aromatic nitrogens is 4. The van der Waals surface area contributed by atoms with E-state index in [9.17, 15) is 0 Å². The molecule has 0 aliphatic carbocycles. The van der Waals surface area contributed by atoms with Crippen molar-refractivity contribution in [1.82, 2.24) is 19.7 Å². The zero-order chi connectivity index (χ0) is 10.7. The maximum absolute atomic E-state index is 5.09. The Morgan fingerprint density at radius 2 is 2.47 bits per heavy atom. The molecule has 2 rings (SSSR count). The van der Waals surface area contributed by atoms with Crippen LogP contribution in [0.1, 0.15) is 0 Å². The highest BCUT2D eigenvalue weighted by Gasteiger charge is 2.03. The SMILES string of the molecule is C=CCn1[nH]c(-c2cccnc2)nc1=S. The molecule has 0 radical (unpaired) electrons. The molecule has 1 N–H and O–H groups in total. The fourth-order valence-corrected chi connectivity index (χ4v) is 1.45. The summed E-state index contributed by atoms with van der Waals surface area (Å²) in [4.78, 5) is 8.26. The van der Waals surface area contributed by atoms with Gasteiger partial charge in [-0.15, -0.1) is 6.58 Å². The predicted molar refractivity (Wildman–Crippen MR) is 60.8 cm³/mol. The Hall–Kier alpha value is -1.75. The van der Waals surface area contributed by atoms with Crippen molar-refractivity contribution in [1.29, 1.82) is 0 Å². The summed E-state index contributed by atoms with van der Waals surface area (Å²) in [5.74, 6) is 0.731. The number of rotatable bonds is 3. The van der Waals surface area contributed by atoms with Gasteiger partial charge >= 0.3 is 0 Å². The van der Waals surface area contributed by atoms with E-state index in [1.54, 1.807) is 23.2 Å². The summed E-state index contributed by atoms with van der Waals surface area (Å²) in [6.07, 6.45) is 5.23. The fourth-order valence-electron chi connectivity index (χ4n) is 1.24. The molecule has 5 heteroatoms. The van der Waals surface area contributed by atoms with Gasteiger partial charge in [0.25, 0.3) is 0 Å². The summed E-state index contributed by atoms with van der Waals surface area (Å²) < 4.78 is 2.28. The smallest absolute Gasteiger partial charge is 0.216 e. The van der Waals surface area contributed by atoms with Gasteiger partial charge in [-0.25, -0.2) is 0 Å². The standard InChI is InChI=1S/C10H10N4S/c1-2-6-14-10(15)12-9(13-14)8-4-3-5-11-7-8/h2-5,7H,1,6H2,(H,12,13,15). The molecular formula is C10H10N4S. The van der Waals surface area contributed by atoms with Crippen molar-refractivity contribution in [2.24, 2.45) is 0 Å². The van der Waals surface area contributed by atoms with Gasteiger partial charge in [0.2, 0.25) is 4.77 Å². The van der Waals surface area contributed by atoms with Crippen LogP contribution in [-0.2, 0) is 6.54 Å². The van der Waals surface area contributed by atoms with E-state index in [2.05, 4.69) is 21.6 Å². The molecule has 0 aliphatic heterocycles. The second kappa shape index (κ2) is 4.18. The van der Waals surface area contributed by atoms with Crippen molar-refractivity contribution < 1.29 is 0 Å². The molecule has 0 bridgehead atoms. The average Bonchev–Trinajstić information content (AvgIpc) is 2.63. The van der Waals surface area contributed by atoms with Gasteiger partial charge in [0, 0.05) is 18.0 Å². The first-order valence-electron chi connectivity index (χ1n) is 4.49. The number of allylic oxidation sites excluding steroid dienone is 1. The van der Waals surface area contributed by atoms with E-state index >= 15 is 0 Å². The number of hydrogen-bond acceptors (Lipinski definition) is 3. The van der Waals surface area contributed by atoms with E-state index in [-0.39, 0.29) is 0 Å². The summed E-state index contributed by atoms with van der Waals surface area (Å²) in [7, 11) is 0. The molecule has 76 valence electrons. The van der Waals surface area contributed by atoms with Crippen LogP contribution in [0.25, 0.3) is 11.4 Å². The Kier molecular flexibility index (Phi) is 2.73. The molecular weight excluding hydrogens is 208 g/mol. The van der Waals surface area contributed by atoms with Gasteiger partial charge in [0.05, 0.1) is 6.54 Å². The molecule has 4 nitrogen and oxygen atoms in total.